The number of rotatable bonds is 10. The Bertz CT molecular complexity index is 559. The number of hydrogen-bond acceptors (Lipinski definition) is 4. The predicted octanol–water partition coefficient (Wildman–Crippen LogP) is 0.845. The molecule has 1 aromatic rings. The number of hydrogen-bond donors (Lipinski definition) is 2. The maximum Gasteiger partial charge on any atom is 0.191 e. The number of nitrogens with zero attached hydrogens (tertiary/aromatic N) is 1. The molecule has 0 spiro atoms. The van der Waals surface area contributed by atoms with Gasteiger partial charge in [-0.1, -0.05) is 30.3 Å². The lowest BCUT2D eigenvalue weighted by atomic mass is 10.1. The molecule has 6 nitrogen and oxygen atoms in total. The highest BCUT2D eigenvalue weighted by Crippen LogP contribution is 1.98. The first-order valence-corrected chi connectivity index (χ1v) is 9.89. The maximum atomic E-state index is 11.0. The van der Waals surface area contributed by atoms with Crippen molar-refractivity contribution in [3.63, 3.8) is 0 Å². The third kappa shape index (κ3) is 10.7. The second kappa shape index (κ2) is 11.0. The zero-order valence-corrected chi connectivity index (χ0v) is 14.7. The topological polar surface area (TPSA) is 79.8 Å². The zero-order valence-electron chi connectivity index (χ0n) is 13.9. The first kappa shape index (κ1) is 19.4. The van der Waals surface area contributed by atoms with E-state index in [-0.39, 0.29) is 12.4 Å². The van der Waals surface area contributed by atoms with Crippen molar-refractivity contribution in [3.05, 3.63) is 35.9 Å². The van der Waals surface area contributed by atoms with Crippen LogP contribution >= 0.6 is 0 Å². The van der Waals surface area contributed by atoms with Crippen LogP contribution in [-0.4, -0.2) is 59.2 Å². The zero-order chi connectivity index (χ0) is 17.0. The smallest absolute Gasteiger partial charge is 0.191 e. The molecule has 2 N–H and O–H groups in total. The van der Waals surface area contributed by atoms with Crippen LogP contribution < -0.4 is 10.6 Å². The fourth-order valence-corrected chi connectivity index (χ4v) is 2.27. The monoisotopic (exact) mass is 341 g/mol. The standard InChI is InChI=1S/C16H27N3O3S/c1-3-17-16(18-10-9-15-7-5-4-6-8-15)19-11-12-22-13-14-23(2,20)21/h4-8H,3,9-14H2,1-2H3,(H2,17,18,19). The second-order valence-corrected chi connectivity index (χ2v) is 7.43. The summed E-state index contributed by atoms with van der Waals surface area (Å²) < 4.78 is 27.2. The van der Waals surface area contributed by atoms with E-state index in [2.05, 4.69) is 27.8 Å². The minimum atomic E-state index is -2.96. The van der Waals surface area contributed by atoms with Gasteiger partial charge in [0.2, 0.25) is 0 Å². The van der Waals surface area contributed by atoms with E-state index in [9.17, 15) is 8.42 Å². The Hall–Kier alpha value is -1.60. The normalized spacial score (nSPS) is 12.2. The van der Waals surface area contributed by atoms with Crippen LogP contribution in [0.4, 0.5) is 0 Å². The van der Waals surface area contributed by atoms with Crippen LogP contribution in [0.2, 0.25) is 0 Å². The minimum Gasteiger partial charge on any atom is -0.378 e. The Morgan fingerprint density at radius 3 is 2.57 bits per heavy atom. The van der Waals surface area contributed by atoms with Gasteiger partial charge in [0, 0.05) is 19.3 Å². The van der Waals surface area contributed by atoms with Gasteiger partial charge in [-0.3, -0.25) is 4.99 Å². The highest BCUT2D eigenvalue weighted by atomic mass is 32.2. The van der Waals surface area contributed by atoms with Gasteiger partial charge >= 0.3 is 0 Å². The van der Waals surface area contributed by atoms with E-state index in [1.807, 2.05) is 25.1 Å². The summed E-state index contributed by atoms with van der Waals surface area (Å²) in [6.07, 6.45) is 2.13. The van der Waals surface area contributed by atoms with Crippen LogP contribution in [0.1, 0.15) is 12.5 Å². The van der Waals surface area contributed by atoms with Crippen molar-refractivity contribution < 1.29 is 13.2 Å². The first-order valence-electron chi connectivity index (χ1n) is 7.83. The van der Waals surface area contributed by atoms with Crippen LogP contribution in [0, 0.1) is 0 Å². The summed E-state index contributed by atoms with van der Waals surface area (Å²) >= 11 is 0. The van der Waals surface area contributed by atoms with Crippen molar-refractivity contribution in [1.29, 1.82) is 0 Å². The Morgan fingerprint density at radius 2 is 1.91 bits per heavy atom. The quantitative estimate of drug-likeness (QED) is 0.375. The summed E-state index contributed by atoms with van der Waals surface area (Å²) in [5.41, 5.74) is 1.28. The molecule has 1 rings (SSSR count). The molecule has 7 heteroatoms. The summed E-state index contributed by atoms with van der Waals surface area (Å²) in [4.78, 5) is 4.40. The van der Waals surface area contributed by atoms with E-state index < -0.39 is 9.84 Å². The number of sulfone groups is 1. The van der Waals surface area contributed by atoms with Gasteiger partial charge < -0.3 is 15.4 Å². The van der Waals surface area contributed by atoms with Gasteiger partial charge in [-0.05, 0) is 18.9 Å². The molecule has 0 fully saturated rings. The molecule has 0 saturated carbocycles. The molecule has 130 valence electrons. The second-order valence-electron chi connectivity index (χ2n) is 5.17. The number of aliphatic imine (C=N–C) groups is 1. The number of nitrogens with one attached hydrogen (secondary N) is 2. The molecule has 0 heterocycles. The molecule has 0 aliphatic rings. The average Bonchev–Trinajstić information content (AvgIpc) is 2.50. The van der Waals surface area contributed by atoms with Crippen molar-refractivity contribution in [2.45, 2.75) is 13.3 Å². The summed E-state index contributed by atoms with van der Waals surface area (Å²) in [5.74, 6) is 0.793. The Labute approximate surface area is 139 Å². The molecule has 0 bridgehead atoms. The highest BCUT2D eigenvalue weighted by Gasteiger charge is 2.01. The first-order chi connectivity index (χ1) is 11.0. The predicted molar refractivity (Wildman–Crippen MR) is 94.7 cm³/mol. The van der Waals surface area contributed by atoms with E-state index in [1.165, 1.54) is 11.8 Å². The molecule has 0 amide bonds. The average molecular weight is 341 g/mol. The van der Waals surface area contributed by atoms with Gasteiger partial charge in [0.25, 0.3) is 0 Å². The molecule has 0 aliphatic heterocycles. The van der Waals surface area contributed by atoms with Gasteiger partial charge in [0.1, 0.15) is 9.84 Å². The Kier molecular flexibility index (Phi) is 9.31. The molecule has 0 aromatic heterocycles. The van der Waals surface area contributed by atoms with Crippen LogP contribution in [-0.2, 0) is 21.0 Å². The fourth-order valence-electron chi connectivity index (χ4n) is 1.85. The van der Waals surface area contributed by atoms with E-state index in [4.69, 9.17) is 4.74 Å². The van der Waals surface area contributed by atoms with Crippen LogP contribution in [0.3, 0.4) is 0 Å². The van der Waals surface area contributed by atoms with Crippen LogP contribution in [0.25, 0.3) is 0 Å². The van der Waals surface area contributed by atoms with Gasteiger partial charge in [-0.25, -0.2) is 8.42 Å². The lowest BCUT2D eigenvalue weighted by Crippen LogP contribution is -2.38. The third-order valence-corrected chi connectivity index (χ3v) is 3.91. The van der Waals surface area contributed by atoms with E-state index >= 15 is 0 Å². The molecule has 0 radical (unpaired) electrons. The molecule has 0 saturated heterocycles. The fraction of sp³-hybridized carbons (Fsp3) is 0.562. The van der Waals surface area contributed by atoms with Crippen molar-refractivity contribution in [3.8, 4) is 0 Å². The van der Waals surface area contributed by atoms with Crippen molar-refractivity contribution in [2.75, 3.05) is 44.9 Å². The minimum absolute atomic E-state index is 0.0477. The Morgan fingerprint density at radius 1 is 1.17 bits per heavy atom. The highest BCUT2D eigenvalue weighted by molar-refractivity contribution is 7.90. The van der Waals surface area contributed by atoms with E-state index in [0.29, 0.717) is 13.2 Å². The molecule has 1 aromatic carbocycles. The summed E-state index contributed by atoms with van der Waals surface area (Å²) in [5, 5.41) is 6.44. The van der Waals surface area contributed by atoms with Gasteiger partial charge in [0.05, 0.1) is 25.5 Å². The van der Waals surface area contributed by atoms with Crippen molar-refractivity contribution in [1.82, 2.24) is 10.6 Å². The number of benzene rings is 1. The largest absolute Gasteiger partial charge is 0.378 e. The summed E-state index contributed by atoms with van der Waals surface area (Å²) in [6, 6.07) is 10.3. The lowest BCUT2D eigenvalue weighted by Gasteiger charge is -2.11. The Balaban J connectivity index is 2.24. The molecule has 0 aliphatic carbocycles. The van der Waals surface area contributed by atoms with Gasteiger partial charge in [-0.15, -0.1) is 0 Å². The lowest BCUT2D eigenvalue weighted by molar-refractivity contribution is 0.157. The van der Waals surface area contributed by atoms with Gasteiger partial charge in [-0.2, -0.15) is 0 Å². The molecule has 0 unspecified atom stereocenters. The van der Waals surface area contributed by atoms with Crippen LogP contribution in [0.5, 0.6) is 0 Å². The summed E-state index contributed by atoms with van der Waals surface area (Å²) in [6.45, 7) is 4.70. The van der Waals surface area contributed by atoms with E-state index in [1.54, 1.807) is 0 Å². The third-order valence-electron chi connectivity index (χ3n) is 3.00. The number of guanidine groups is 1. The SMILES string of the molecule is CCNC(=NCCOCCS(C)(=O)=O)NCCc1ccccc1. The maximum absolute atomic E-state index is 11.0. The summed E-state index contributed by atoms with van der Waals surface area (Å²) in [7, 11) is -2.96. The van der Waals surface area contributed by atoms with Crippen molar-refractivity contribution in [2.24, 2.45) is 4.99 Å². The van der Waals surface area contributed by atoms with Crippen molar-refractivity contribution >= 4 is 15.8 Å². The molecule has 23 heavy (non-hydrogen) atoms. The van der Waals surface area contributed by atoms with E-state index in [0.717, 1.165) is 25.5 Å². The van der Waals surface area contributed by atoms with Crippen LogP contribution in [0.15, 0.2) is 35.3 Å². The molecular formula is C16H27N3O3S. The number of ether oxygens (including phenoxy) is 1. The molecule has 0 atom stereocenters. The molecular weight excluding hydrogens is 314 g/mol. The van der Waals surface area contributed by atoms with Gasteiger partial charge in [0.15, 0.2) is 5.96 Å².